The van der Waals surface area contributed by atoms with Crippen LogP contribution in [0.15, 0.2) is 48.7 Å². The average molecular weight is 334 g/mol. The lowest BCUT2D eigenvalue weighted by molar-refractivity contribution is 0.174. The number of H-pyrrole nitrogens is 1. The molecule has 5 rings (SSSR count). The van der Waals surface area contributed by atoms with Gasteiger partial charge in [-0.15, -0.1) is 0 Å². The first-order chi connectivity index (χ1) is 12.3. The van der Waals surface area contributed by atoms with Crippen LogP contribution in [0.1, 0.15) is 0 Å². The summed E-state index contributed by atoms with van der Waals surface area (Å²) in [6.07, 6.45) is 1.52. The van der Waals surface area contributed by atoms with E-state index in [4.69, 9.17) is 9.47 Å². The molecule has 6 nitrogen and oxygen atoms in total. The highest BCUT2D eigenvalue weighted by Gasteiger charge is 2.18. The second-order valence-electron chi connectivity index (χ2n) is 5.57. The molecule has 7 heteroatoms. The molecule has 1 N–H and O–H groups in total. The molecule has 0 spiro atoms. The van der Waals surface area contributed by atoms with Crippen molar-refractivity contribution >= 4 is 11.2 Å². The smallest absolute Gasteiger partial charge is 0.231 e. The van der Waals surface area contributed by atoms with Crippen LogP contribution >= 0.6 is 0 Å². The Morgan fingerprint density at radius 2 is 1.92 bits per heavy atom. The fourth-order valence-corrected chi connectivity index (χ4v) is 2.85. The van der Waals surface area contributed by atoms with Gasteiger partial charge in [-0.2, -0.15) is 5.10 Å². The minimum atomic E-state index is -0.343. The van der Waals surface area contributed by atoms with Crippen molar-refractivity contribution in [2.75, 3.05) is 6.79 Å². The molecule has 0 bridgehead atoms. The van der Waals surface area contributed by atoms with E-state index in [0.717, 1.165) is 5.56 Å². The van der Waals surface area contributed by atoms with E-state index in [1.165, 1.54) is 12.3 Å². The van der Waals surface area contributed by atoms with Gasteiger partial charge in [0, 0.05) is 11.1 Å². The maximum atomic E-state index is 14.1. The Bertz CT molecular complexity index is 1110. The van der Waals surface area contributed by atoms with Crippen LogP contribution in [0.2, 0.25) is 0 Å². The molecule has 0 amide bonds. The number of hydrogen-bond acceptors (Lipinski definition) is 5. The molecule has 122 valence electrons. The predicted molar refractivity (Wildman–Crippen MR) is 88.6 cm³/mol. The second kappa shape index (κ2) is 5.27. The molecule has 0 atom stereocenters. The van der Waals surface area contributed by atoms with Crippen LogP contribution in [-0.4, -0.2) is 27.0 Å². The van der Waals surface area contributed by atoms with E-state index in [1.807, 2.05) is 18.2 Å². The zero-order valence-corrected chi connectivity index (χ0v) is 12.9. The van der Waals surface area contributed by atoms with Crippen molar-refractivity contribution in [2.45, 2.75) is 0 Å². The summed E-state index contributed by atoms with van der Waals surface area (Å²) in [4.78, 5) is 8.86. The normalized spacial score (nSPS) is 12.7. The Hall–Kier alpha value is -3.48. The topological polar surface area (TPSA) is 72.9 Å². The molecule has 1 aliphatic heterocycles. The van der Waals surface area contributed by atoms with Crippen molar-refractivity contribution in [1.82, 2.24) is 20.2 Å². The van der Waals surface area contributed by atoms with Crippen LogP contribution in [0.4, 0.5) is 4.39 Å². The summed E-state index contributed by atoms with van der Waals surface area (Å²) >= 11 is 0. The number of nitrogens with one attached hydrogen (secondary N) is 1. The maximum Gasteiger partial charge on any atom is 0.231 e. The van der Waals surface area contributed by atoms with Crippen molar-refractivity contribution in [3.8, 4) is 34.0 Å². The number of rotatable bonds is 2. The van der Waals surface area contributed by atoms with Crippen molar-refractivity contribution in [3.63, 3.8) is 0 Å². The van der Waals surface area contributed by atoms with Crippen LogP contribution in [-0.2, 0) is 0 Å². The van der Waals surface area contributed by atoms with Gasteiger partial charge >= 0.3 is 0 Å². The van der Waals surface area contributed by atoms with Gasteiger partial charge in [-0.25, -0.2) is 14.4 Å². The molecule has 0 unspecified atom stereocenters. The van der Waals surface area contributed by atoms with Crippen LogP contribution in [0, 0.1) is 5.82 Å². The van der Waals surface area contributed by atoms with Crippen LogP contribution in [0.5, 0.6) is 11.5 Å². The van der Waals surface area contributed by atoms with Crippen molar-refractivity contribution in [3.05, 3.63) is 54.5 Å². The highest BCUT2D eigenvalue weighted by molar-refractivity contribution is 5.89. The minimum Gasteiger partial charge on any atom is -0.454 e. The van der Waals surface area contributed by atoms with E-state index in [2.05, 4.69) is 20.2 Å². The summed E-state index contributed by atoms with van der Waals surface area (Å²) in [5.74, 6) is 1.02. The van der Waals surface area contributed by atoms with E-state index in [9.17, 15) is 4.39 Å². The Morgan fingerprint density at radius 1 is 1.04 bits per heavy atom. The summed E-state index contributed by atoms with van der Waals surface area (Å²) in [6.45, 7) is 0.208. The van der Waals surface area contributed by atoms with Crippen LogP contribution in [0.25, 0.3) is 33.7 Å². The third kappa shape index (κ3) is 2.20. The summed E-state index contributed by atoms with van der Waals surface area (Å²) in [5, 5.41) is 7.13. The molecule has 2 aromatic carbocycles. The summed E-state index contributed by atoms with van der Waals surface area (Å²) in [5.41, 5.74) is 3.42. The average Bonchev–Trinajstić information content (AvgIpc) is 3.27. The van der Waals surface area contributed by atoms with E-state index in [-0.39, 0.29) is 12.6 Å². The third-order valence-corrected chi connectivity index (χ3v) is 4.07. The molecule has 0 radical (unpaired) electrons. The van der Waals surface area contributed by atoms with Crippen molar-refractivity contribution in [2.24, 2.45) is 0 Å². The van der Waals surface area contributed by atoms with Gasteiger partial charge in [-0.05, 0) is 30.3 Å². The van der Waals surface area contributed by atoms with Gasteiger partial charge in [0.1, 0.15) is 11.3 Å². The van der Waals surface area contributed by atoms with Gasteiger partial charge in [-0.3, -0.25) is 5.10 Å². The van der Waals surface area contributed by atoms with E-state index >= 15 is 0 Å². The van der Waals surface area contributed by atoms with Gasteiger partial charge in [0.2, 0.25) is 6.79 Å². The van der Waals surface area contributed by atoms with Gasteiger partial charge in [0.15, 0.2) is 17.1 Å². The highest BCUT2D eigenvalue weighted by Crippen LogP contribution is 2.37. The Morgan fingerprint density at radius 3 is 2.84 bits per heavy atom. The largest absolute Gasteiger partial charge is 0.454 e. The monoisotopic (exact) mass is 334 g/mol. The fraction of sp³-hybridized carbons (Fsp3) is 0.0556. The van der Waals surface area contributed by atoms with E-state index in [1.54, 1.807) is 18.2 Å². The van der Waals surface area contributed by atoms with E-state index < -0.39 is 0 Å². The number of ether oxygens (including phenoxy) is 2. The van der Waals surface area contributed by atoms with Crippen molar-refractivity contribution in [1.29, 1.82) is 0 Å². The SMILES string of the molecule is Fc1ccccc1-c1cnc2n[nH]c(-c3ccc4c(c3)OCO4)c2n1. The first-order valence-electron chi connectivity index (χ1n) is 7.65. The molecule has 0 aliphatic carbocycles. The Kier molecular flexibility index (Phi) is 2.93. The number of hydrogen-bond donors (Lipinski definition) is 1. The summed E-state index contributed by atoms with van der Waals surface area (Å²) in [7, 11) is 0. The number of benzene rings is 2. The first-order valence-corrected chi connectivity index (χ1v) is 7.65. The molecular weight excluding hydrogens is 323 g/mol. The summed E-state index contributed by atoms with van der Waals surface area (Å²) < 4.78 is 24.8. The molecule has 4 aromatic rings. The molecule has 0 saturated heterocycles. The second-order valence-corrected chi connectivity index (χ2v) is 5.57. The number of aromatic nitrogens is 4. The molecule has 1 aliphatic rings. The Balaban J connectivity index is 1.67. The minimum absolute atomic E-state index is 0.208. The Labute approximate surface area is 141 Å². The number of halogens is 1. The quantitative estimate of drug-likeness (QED) is 0.607. The number of fused-ring (bicyclic) bond motifs is 2. The lowest BCUT2D eigenvalue weighted by Crippen LogP contribution is -1.92. The standard InChI is InChI=1S/C18H11FN4O2/c19-12-4-2-1-3-11(12)13-8-20-18-17(21-13)16(22-23-18)10-5-6-14-15(7-10)25-9-24-14/h1-8H,9H2,(H,20,22,23). The third-order valence-electron chi connectivity index (χ3n) is 4.07. The molecular formula is C18H11FN4O2. The fourth-order valence-electron chi connectivity index (χ4n) is 2.85. The number of aromatic amines is 1. The maximum absolute atomic E-state index is 14.1. The zero-order chi connectivity index (χ0) is 16.8. The van der Waals surface area contributed by atoms with Gasteiger partial charge in [0.05, 0.1) is 17.6 Å². The van der Waals surface area contributed by atoms with Gasteiger partial charge in [0.25, 0.3) is 0 Å². The molecule has 2 aromatic heterocycles. The summed E-state index contributed by atoms with van der Waals surface area (Å²) in [6, 6.07) is 12.0. The highest BCUT2D eigenvalue weighted by atomic mass is 19.1. The first kappa shape index (κ1) is 13.9. The predicted octanol–water partition coefficient (Wildman–Crippen LogP) is 3.55. The van der Waals surface area contributed by atoms with Gasteiger partial charge in [-0.1, -0.05) is 12.1 Å². The lowest BCUT2D eigenvalue weighted by atomic mass is 10.1. The molecule has 25 heavy (non-hydrogen) atoms. The zero-order valence-electron chi connectivity index (χ0n) is 12.9. The molecule has 0 saturated carbocycles. The molecule has 3 heterocycles. The molecule has 0 fully saturated rings. The number of nitrogens with zero attached hydrogens (tertiary/aromatic N) is 3. The lowest BCUT2D eigenvalue weighted by Gasteiger charge is -2.03. The van der Waals surface area contributed by atoms with Crippen molar-refractivity contribution < 1.29 is 13.9 Å². The van der Waals surface area contributed by atoms with E-state index in [0.29, 0.717) is 39.6 Å². The van der Waals surface area contributed by atoms with Gasteiger partial charge < -0.3 is 9.47 Å². The van der Waals surface area contributed by atoms with Crippen LogP contribution < -0.4 is 9.47 Å². The van der Waals surface area contributed by atoms with Crippen LogP contribution in [0.3, 0.4) is 0 Å².